The van der Waals surface area contributed by atoms with Gasteiger partial charge in [-0.1, -0.05) is 30.3 Å². The first-order valence-corrected chi connectivity index (χ1v) is 9.72. The van der Waals surface area contributed by atoms with Gasteiger partial charge in [-0.3, -0.25) is 9.48 Å². The number of amides is 1. The van der Waals surface area contributed by atoms with Crippen LogP contribution in [0.5, 0.6) is 0 Å². The summed E-state index contributed by atoms with van der Waals surface area (Å²) in [5, 5.41) is 4.64. The molecule has 1 atom stereocenters. The SMILES string of the molecule is CCOC[C@H]1c2c(cnn2CC2CC2)CCN1C(=O)Cc1ccccc1. The molecule has 2 aromatic rings. The van der Waals surface area contributed by atoms with Crippen molar-refractivity contribution in [3.63, 3.8) is 0 Å². The maximum Gasteiger partial charge on any atom is 0.227 e. The number of hydrogen-bond acceptors (Lipinski definition) is 3. The van der Waals surface area contributed by atoms with Crippen LogP contribution < -0.4 is 0 Å². The molecule has 5 nitrogen and oxygen atoms in total. The smallest absolute Gasteiger partial charge is 0.227 e. The first-order valence-electron chi connectivity index (χ1n) is 9.72. The van der Waals surface area contributed by atoms with Crippen LogP contribution in [0.1, 0.15) is 42.6 Å². The summed E-state index contributed by atoms with van der Waals surface area (Å²) in [6, 6.07) is 9.95. The molecule has 1 fully saturated rings. The normalized spacial score (nSPS) is 19.4. The zero-order chi connectivity index (χ0) is 17.9. The van der Waals surface area contributed by atoms with E-state index in [2.05, 4.69) is 9.78 Å². The Bertz CT molecular complexity index is 752. The second-order valence-electron chi connectivity index (χ2n) is 7.36. The standard InChI is InChI=1S/C21H27N3O2/c1-2-26-15-19-21-18(13-22-24(21)14-17-8-9-17)10-11-23(19)20(25)12-16-6-4-3-5-7-16/h3-7,13,17,19H,2,8-12,14-15H2,1H3/t19-/m0/s1. The fraction of sp³-hybridized carbons (Fsp3) is 0.524. The topological polar surface area (TPSA) is 47.4 Å². The minimum atomic E-state index is -0.0313. The summed E-state index contributed by atoms with van der Waals surface area (Å²) in [6.07, 6.45) is 5.90. The third kappa shape index (κ3) is 3.68. The average molecular weight is 353 g/mol. The Balaban J connectivity index is 1.57. The van der Waals surface area contributed by atoms with Crippen molar-refractivity contribution < 1.29 is 9.53 Å². The molecule has 0 unspecified atom stereocenters. The molecule has 1 amide bonds. The maximum atomic E-state index is 13.1. The Morgan fingerprint density at radius 1 is 1.27 bits per heavy atom. The molecule has 0 saturated heterocycles. The van der Waals surface area contributed by atoms with E-state index in [-0.39, 0.29) is 11.9 Å². The number of ether oxygens (including phenoxy) is 1. The summed E-state index contributed by atoms with van der Waals surface area (Å²) in [5.41, 5.74) is 3.53. The zero-order valence-corrected chi connectivity index (χ0v) is 15.4. The number of rotatable bonds is 7. The highest BCUT2D eigenvalue weighted by molar-refractivity contribution is 5.79. The van der Waals surface area contributed by atoms with E-state index in [4.69, 9.17) is 4.74 Å². The van der Waals surface area contributed by atoms with Gasteiger partial charge in [0, 0.05) is 19.7 Å². The van der Waals surface area contributed by atoms with Crippen LogP contribution in [-0.4, -0.2) is 40.3 Å². The van der Waals surface area contributed by atoms with Gasteiger partial charge in [0.2, 0.25) is 5.91 Å². The fourth-order valence-corrected chi connectivity index (χ4v) is 3.82. The molecule has 0 radical (unpaired) electrons. The lowest BCUT2D eigenvalue weighted by Crippen LogP contribution is -2.43. The molecule has 26 heavy (non-hydrogen) atoms. The summed E-state index contributed by atoms with van der Waals surface area (Å²) in [5.74, 6) is 0.924. The van der Waals surface area contributed by atoms with E-state index in [1.807, 2.05) is 48.4 Å². The predicted octanol–water partition coefficient (Wildman–Crippen LogP) is 3.00. The van der Waals surface area contributed by atoms with E-state index in [9.17, 15) is 4.79 Å². The highest BCUT2D eigenvalue weighted by Gasteiger charge is 2.35. The summed E-state index contributed by atoms with van der Waals surface area (Å²) in [6.45, 7) is 4.91. The molecule has 1 aromatic carbocycles. The van der Waals surface area contributed by atoms with Gasteiger partial charge in [0.1, 0.15) is 0 Å². The second-order valence-corrected chi connectivity index (χ2v) is 7.36. The predicted molar refractivity (Wildman–Crippen MR) is 99.7 cm³/mol. The number of carbonyl (C=O) groups excluding carboxylic acids is 1. The minimum absolute atomic E-state index is 0.0313. The Labute approximate surface area is 154 Å². The van der Waals surface area contributed by atoms with Crippen molar-refractivity contribution in [1.82, 2.24) is 14.7 Å². The van der Waals surface area contributed by atoms with Crippen molar-refractivity contribution in [3.05, 3.63) is 53.3 Å². The number of aromatic nitrogens is 2. The van der Waals surface area contributed by atoms with E-state index in [0.717, 1.165) is 31.0 Å². The Hall–Kier alpha value is -2.14. The molecule has 0 bridgehead atoms. The zero-order valence-electron chi connectivity index (χ0n) is 15.4. The largest absolute Gasteiger partial charge is 0.379 e. The Morgan fingerprint density at radius 3 is 2.81 bits per heavy atom. The molecular formula is C21H27N3O2. The molecule has 4 rings (SSSR count). The highest BCUT2D eigenvalue weighted by Crippen LogP contribution is 2.35. The van der Waals surface area contributed by atoms with Crippen molar-refractivity contribution >= 4 is 5.91 Å². The summed E-state index contributed by atoms with van der Waals surface area (Å²) in [4.78, 5) is 15.1. The number of nitrogens with zero attached hydrogens (tertiary/aromatic N) is 3. The van der Waals surface area contributed by atoms with Crippen LogP contribution in [0.4, 0.5) is 0 Å². The molecule has 1 saturated carbocycles. The molecular weight excluding hydrogens is 326 g/mol. The van der Waals surface area contributed by atoms with Gasteiger partial charge in [-0.2, -0.15) is 5.10 Å². The van der Waals surface area contributed by atoms with Crippen LogP contribution in [-0.2, 0) is 28.9 Å². The molecule has 138 valence electrons. The van der Waals surface area contributed by atoms with E-state index in [0.29, 0.717) is 19.6 Å². The van der Waals surface area contributed by atoms with E-state index >= 15 is 0 Å². The van der Waals surface area contributed by atoms with Crippen LogP contribution in [0.2, 0.25) is 0 Å². The average Bonchev–Trinajstić information content (AvgIpc) is 3.39. The summed E-state index contributed by atoms with van der Waals surface area (Å²) < 4.78 is 7.91. The Morgan fingerprint density at radius 2 is 2.08 bits per heavy atom. The van der Waals surface area contributed by atoms with Gasteiger partial charge in [-0.25, -0.2) is 0 Å². The van der Waals surface area contributed by atoms with E-state index in [1.54, 1.807) is 0 Å². The van der Waals surface area contributed by atoms with Gasteiger partial charge >= 0.3 is 0 Å². The molecule has 5 heteroatoms. The second kappa shape index (κ2) is 7.62. The van der Waals surface area contributed by atoms with Gasteiger partial charge in [0.15, 0.2) is 0 Å². The highest BCUT2D eigenvalue weighted by atomic mass is 16.5. The molecule has 2 heterocycles. The fourth-order valence-electron chi connectivity index (χ4n) is 3.82. The van der Waals surface area contributed by atoms with Crippen molar-refractivity contribution in [3.8, 4) is 0 Å². The lowest BCUT2D eigenvalue weighted by molar-refractivity contribution is -0.135. The van der Waals surface area contributed by atoms with E-state index in [1.165, 1.54) is 24.1 Å². The molecule has 0 N–H and O–H groups in total. The third-order valence-electron chi connectivity index (χ3n) is 5.40. The summed E-state index contributed by atoms with van der Waals surface area (Å²) >= 11 is 0. The van der Waals surface area contributed by atoms with Crippen molar-refractivity contribution in [1.29, 1.82) is 0 Å². The van der Waals surface area contributed by atoms with Crippen LogP contribution in [0, 0.1) is 5.92 Å². The van der Waals surface area contributed by atoms with Gasteiger partial charge in [0.05, 0.1) is 31.0 Å². The van der Waals surface area contributed by atoms with Gasteiger partial charge in [-0.15, -0.1) is 0 Å². The van der Waals surface area contributed by atoms with Crippen LogP contribution in [0.3, 0.4) is 0 Å². The lowest BCUT2D eigenvalue weighted by atomic mass is 9.98. The summed E-state index contributed by atoms with van der Waals surface area (Å²) in [7, 11) is 0. The van der Waals surface area contributed by atoms with Crippen molar-refractivity contribution in [2.24, 2.45) is 5.92 Å². The van der Waals surface area contributed by atoms with Crippen LogP contribution in [0.15, 0.2) is 36.5 Å². The Kier molecular flexibility index (Phi) is 5.07. The van der Waals surface area contributed by atoms with Crippen LogP contribution in [0.25, 0.3) is 0 Å². The number of fused-ring (bicyclic) bond motifs is 1. The lowest BCUT2D eigenvalue weighted by Gasteiger charge is -2.36. The number of benzene rings is 1. The van der Waals surface area contributed by atoms with Gasteiger partial charge in [0.25, 0.3) is 0 Å². The first kappa shape index (κ1) is 17.3. The monoisotopic (exact) mass is 353 g/mol. The third-order valence-corrected chi connectivity index (χ3v) is 5.40. The molecule has 1 aliphatic heterocycles. The first-order chi connectivity index (χ1) is 12.8. The molecule has 1 aromatic heterocycles. The molecule has 1 aliphatic carbocycles. The van der Waals surface area contributed by atoms with E-state index < -0.39 is 0 Å². The number of hydrogen-bond donors (Lipinski definition) is 0. The number of carbonyl (C=O) groups is 1. The van der Waals surface area contributed by atoms with Gasteiger partial charge in [-0.05, 0) is 43.2 Å². The van der Waals surface area contributed by atoms with Crippen molar-refractivity contribution in [2.45, 2.75) is 45.2 Å². The van der Waals surface area contributed by atoms with Crippen molar-refractivity contribution in [2.75, 3.05) is 19.8 Å². The maximum absolute atomic E-state index is 13.1. The molecule has 2 aliphatic rings. The molecule has 0 spiro atoms. The van der Waals surface area contributed by atoms with Gasteiger partial charge < -0.3 is 9.64 Å². The van der Waals surface area contributed by atoms with Crippen LogP contribution >= 0.6 is 0 Å². The quantitative estimate of drug-likeness (QED) is 0.769. The minimum Gasteiger partial charge on any atom is -0.379 e.